The lowest BCUT2D eigenvalue weighted by atomic mass is 10.3. The first-order valence-electron chi connectivity index (χ1n) is 5.78. The van der Waals surface area contributed by atoms with Gasteiger partial charge in [0, 0.05) is 36.6 Å². The van der Waals surface area contributed by atoms with Crippen molar-refractivity contribution in [2.45, 2.75) is 4.34 Å². The zero-order valence-corrected chi connectivity index (χ0v) is 14.0. The highest BCUT2D eigenvalue weighted by molar-refractivity contribution is 9.10. The number of nitrogens with one attached hydrogen (secondary N) is 1. The Morgan fingerprint density at radius 1 is 1.37 bits per heavy atom. The van der Waals surface area contributed by atoms with Crippen molar-refractivity contribution in [3.05, 3.63) is 28.7 Å². The van der Waals surface area contributed by atoms with Gasteiger partial charge in [0.25, 0.3) is 0 Å². The van der Waals surface area contributed by atoms with E-state index in [9.17, 15) is 0 Å². The van der Waals surface area contributed by atoms with Gasteiger partial charge in [-0.3, -0.25) is 0 Å². The van der Waals surface area contributed by atoms with Crippen LogP contribution in [-0.2, 0) is 0 Å². The molecule has 0 bridgehead atoms. The van der Waals surface area contributed by atoms with Crippen molar-refractivity contribution >= 4 is 49.8 Å². The molecule has 19 heavy (non-hydrogen) atoms. The smallest absolute Gasteiger partial charge is 0.208 e. The minimum Gasteiger partial charge on any atom is -0.384 e. The second-order valence-corrected chi connectivity index (χ2v) is 7.24. The van der Waals surface area contributed by atoms with Gasteiger partial charge in [-0.05, 0) is 18.2 Å². The molecular formula is C12H15BrN4S2. The van der Waals surface area contributed by atoms with E-state index in [1.165, 1.54) is 0 Å². The van der Waals surface area contributed by atoms with Crippen LogP contribution in [-0.4, -0.2) is 36.6 Å². The maximum Gasteiger partial charge on any atom is 0.208 e. The van der Waals surface area contributed by atoms with Crippen LogP contribution in [0.5, 0.6) is 0 Å². The van der Waals surface area contributed by atoms with Crippen molar-refractivity contribution in [2.24, 2.45) is 0 Å². The van der Waals surface area contributed by atoms with Crippen LogP contribution in [0, 0.1) is 0 Å². The van der Waals surface area contributed by atoms with Crippen LogP contribution in [0.25, 0.3) is 0 Å². The Kier molecular flexibility index (Phi) is 5.47. The van der Waals surface area contributed by atoms with Crippen LogP contribution in [0.3, 0.4) is 0 Å². The topological polar surface area (TPSA) is 41.1 Å². The fourth-order valence-electron chi connectivity index (χ4n) is 1.37. The fraction of sp³-hybridized carbons (Fsp3) is 0.333. The van der Waals surface area contributed by atoms with Crippen LogP contribution in [0.4, 0.5) is 10.8 Å². The van der Waals surface area contributed by atoms with Crippen molar-refractivity contribution in [1.82, 2.24) is 10.2 Å². The number of anilines is 2. The van der Waals surface area contributed by atoms with E-state index in [1.807, 2.05) is 31.1 Å². The molecule has 7 heteroatoms. The Morgan fingerprint density at radius 2 is 2.21 bits per heavy atom. The quantitative estimate of drug-likeness (QED) is 0.631. The number of nitrogens with zero attached hydrogens (tertiary/aromatic N) is 3. The predicted molar refractivity (Wildman–Crippen MR) is 87.6 cm³/mol. The molecule has 0 aliphatic carbocycles. The highest BCUT2D eigenvalue weighted by Gasteiger charge is 2.05. The van der Waals surface area contributed by atoms with E-state index < -0.39 is 0 Å². The third-order valence-corrected chi connectivity index (χ3v) is 4.98. The molecule has 4 nitrogen and oxygen atoms in total. The van der Waals surface area contributed by atoms with Crippen LogP contribution in [0.1, 0.15) is 0 Å². The van der Waals surface area contributed by atoms with Crippen molar-refractivity contribution < 1.29 is 0 Å². The molecule has 0 spiro atoms. The van der Waals surface area contributed by atoms with Gasteiger partial charge in [0.15, 0.2) is 4.34 Å². The fourth-order valence-corrected chi connectivity index (χ4v) is 3.46. The summed E-state index contributed by atoms with van der Waals surface area (Å²) in [6.45, 7) is 0.901. The van der Waals surface area contributed by atoms with E-state index in [0.29, 0.717) is 0 Å². The van der Waals surface area contributed by atoms with Crippen molar-refractivity contribution in [2.75, 3.05) is 36.6 Å². The number of benzene rings is 1. The predicted octanol–water partition coefficient (Wildman–Crippen LogP) is 3.57. The molecule has 0 aliphatic heterocycles. The molecule has 0 radical (unpaired) electrons. The van der Waals surface area contributed by atoms with Gasteiger partial charge >= 0.3 is 0 Å². The molecule has 0 saturated carbocycles. The van der Waals surface area contributed by atoms with Gasteiger partial charge in [-0.15, -0.1) is 10.2 Å². The van der Waals surface area contributed by atoms with E-state index in [1.54, 1.807) is 23.1 Å². The van der Waals surface area contributed by atoms with Crippen molar-refractivity contribution in [3.8, 4) is 0 Å². The zero-order chi connectivity index (χ0) is 13.7. The average molecular weight is 359 g/mol. The molecule has 0 atom stereocenters. The Bertz CT molecular complexity index is 530. The van der Waals surface area contributed by atoms with Crippen molar-refractivity contribution in [3.63, 3.8) is 0 Å². The van der Waals surface area contributed by atoms with E-state index in [-0.39, 0.29) is 0 Å². The van der Waals surface area contributed by atoms with Crippen molar-refractivity contribution in [1.29, 1.82) is 0 Å². The summed E-state index contributed by atoms with van der Waals surface area (Å²) in [5.74, 6) is 0.967. The molecule has 102 valence electrons. The average Bonchev–Trinajstić information content (AvgIpc) is 2.84. The molecular weight excluding hydrogens is 344 g/mol. The molecule has 2 rings (SSSR count). The Morgan fingerprint density at radius 3 is 2.89 bits per heavy atom. The summed E-state index contributed by atoms with van der Waals surface area (Å²) in [6, 6.07) is 8.17. The first-order valence-corrected chi connectivity index (χ1v) is 8.38. The molecule has 1 aromatic carbocycles. The second-order valence-electron chi connectivity index (χ2n) is 4.03. The molecule has 1 N–H and O–H groups in total. The third kappa shape index (κ3) is 4.67. The van der Waals surface area contributed by atoms with E-state index in [2.05, 4.69) is 43.6 Å². The van der Waals surface area contributed by atoms with Crippen LogP contribution < -0.4 is 10.2 Å². The van der Waals surface area contributed by atoms with E-state index in [4.69, 9.17) is 0 Å². The molecule has 0 saturated heterocycles. The minimum atomic E-state index is 0.901. The molecule has 1 heterocycles. The Hall–Kier alpha value is -0.790. The molecule has 0 amide bonds. The van der Waals surface area contributed by atoms with Gasteiger partial charge in [0.1, 0.15) is 0 Å². The van der Waals surface area contributed by atoms with Gasteiger partial charge in [-0.1, -0.05) is 45.1 Å². The summed E-state index contributed by atoms with van der Waals surface area (Å²) < 4.78 is 2.10. The minimum absolute atomic E-state index is 0.901. The monoisotopic (exact) mass is 358 g/mol. The third-order valence-electron chi connectivity index (χ3n) is 2.26. The Balaban J connectivity index is 1.74. The first-order chi connectivity index (χ1) is 9.15. The number of aromatic nitrogens is 2. The summed E-state index contributed by atoms with van der Waals surface area (Å²) in [4.78, 5) is 1.97. The largest absolute Gasteiger partial charge is 0.384 e. The number of halogens is 1. The highest BCUT2D eigenvalue weighted by atomic mass is 79.9. The van der Waals surface area contributed by atoms with Gasteiger partial charge in [-0.25, -0.2) is 0 Å². The maximum absolute atomic E-state index is 4.15. The standard InChI is InChI=1S/C12H15BrN4S2/c1-17(2)11-15-16-12(19-11)18-7-6-14-10-5-3-4-9(13)8-10/h3-5,8,14H,6-7H2,1-2H3. The lowest BCUT2D eigenvalue weighted by molar-refractivity contribution is 0.972. The summed E-state index contributed by atoms with van der Waals surface area (Å²) in [7, 11) is 3.95. The number of rotatable bonds is 6. The normalized spacial score (nSPS) is 10.5. The van der Waals surface area contributed by atoms with Gasteiger partial charge in [-0.2, -0.15) is 0 Å². The summed E-state index contributed by atoms with van der Waals surface area (Å²) >= 11 is 6.80. The summed E-state index contributed by atoms with van der Waals surface area (Å²) in [5.41, 5.74) is 1.13. The van der Waals surface area contributed by atoms with Gasteiger partial charge < -0.3 is 10.2 Å². The van der Waals surface area contributed by atoms with Gasteiger partial charge in [0.05, 0.1) is 0 Å². The van der Waals surface area contributed by atoms with Crippen LogP contribution in [0.15, 0.2) is 33.1 Å². The summed E-state index contributed by atoms with van der Waals surface area (Å²) in [6.07, 6.45) is 0. The zero-order valence-electron chi connectivity index (χ0n) is 10.8. The number of thioether (sulfide) groups is 1. The second kappa shape index (κ2) is 7.12. The lowest BCUT2D eigenvalue weighted by Gasteiger charge is -2.05. The van der Waals surface area contributed by atoms with Crippen LogP contribution >= 0.6 is 39.0 Å². The number of hydrogen-bond acceptors (Lipinski definition) is 6. The molecule has 1 aromatic heterocycles. The van der Waals surface area contributed by atoms with E-state index in [0.717, 1.165) is 31.9 Å². The molecule has 0 fully saturated rings. The lowest BCUT2D eigenvalue weighted by Crippen LogP contribution is -2.07. The highest BCUT2D eigenvalue weighted by Crippen LogP contribution is 2.26. The SMILES string of the molecule is CN(C)c1nnc(SCCNc2cccc(Br)c2)s1. The van der Waals surface area contributed by atoms with Crippen LogP contribution in [0.2, 0.25) is 0 Å². The Labute approximate surface area is 129 Å². The molecule has 0 unspecified atom stereocenters. The van der Waals surface area contributed by atoms with Gasteiger partial charge in [0.2, 0.25) is 5.13 Å². The summed E-state index contributed by atoms with van der Waals surface area (Å²) in [5, 5.41) is 12.6. The molecule has 2 aromatic rings. The first kappa shape index (κ1) is 14.6. The molecule has 0 aliphatic rings. The maximum atomic E-state index is 4.15. The van der Waals surface area contributed by atoms with E-state index >= 15 is 0 Å². The number of hydrogen-bond donors (Lipinski definition) is 1.